The molecule has 1 aromatic carbocycles. The Labute approximate surface area is 175 Å². The molecule has 2 unspecified atom stereocenters. The molecule has 148 valence electrons. The summed E-state index contributed by atoms with van der Waals surface area (Å²) in [4.78, 5) is 21.4. The number of amides is 1. The van der Waals surface area contributed by atoms with E-state index in [1.54, 1.807) is 24.3 Å². The van der Waals surface area contributed by atoms with Gasteiger partial charge in [-0.2, -0.15) is 0 Å². The number of hydrogen-bond acceptors (Lipinski definition) is 5. The van der Waals surface area contributed by atoms with Crippen molar-refractivity contribution in [1.82, 2.24) is 4.98 Å². The van der Waals surface area contributed by atoms with Crippen LogP contribution in [0.15, 0.2) is 41.5 Å². The van der Waals surface area contributed by atoms with E-state index in [1.165, 1.54) is 24.0 Å². The average molecular weight is 408 g/mol. The van der Waals surface area contributed by atoms with E-state index in [0.717, 1.165) is 37.9 Å². The van der Waals surface area contributed by atoms with Crippen LogP contribution >= 0.6 is 11.8 Å². The first-order chi connectivity index (χ1) is 14.0. The molecule has 4 rings (SSSR count). The number of hydrogen-bond donors (Lipinski definition) is 2. The van der Waals surface area contributed by atoms with Crippen molar-refractivity contribution in [2.24, 2.45) is 16.6 Å². The van der Waals surface area contributed by atoms with Gasteiger partial charge in [-0.1, -0.05) is 42.6 Å². The predicted octanol–water partition coefficient (Wildman–Crippen LogP) is 3.10. The lowest BCUT2D eigenvalue weighted by atomic mass is 9.75. The largest absolute Gasteiger partial charge is 0.379 e. The number of aliphatic imine (C=N–C) groups is 1. The van der Waals surface area contributed by atoms with Gasteiger partial charge in [0.2, 0.25) is 0 Å². The molecule has 29 heavy (non-hydrogen) atoms. The maximum Gasteiger partial charge on any atom is 0.273 e. The Morgan fingerprint density at radius 3 is 3.00 bits per heavy atom. The minimum Gasteiger partial charge on any atom is -0.379 e. The number of pyridine rings is 1. The van der Waals surface area contributed by atoms with Crippen molar-refractivity contribution in [3.8, 4) is 0 Å². The van der Waals surface area contributed by atoms with E-state index in [2.05, 4.69) is 10.3 Å². The van der Waals surface area contributed by atoms with Crippen LogP contribution in [-0.4, -0.2) is 29.7 Å². The number of nitrogens with two attached hydrogens (primary N) is 1. The molecule has 2 heterocycles. The first kappa shape index (κ1) is 19.9. The van der Waals surface area contributed by atoms with Crippen molar-refractivity contribution in [3.63, 3.8) is 0 Å². The topological polar surface area (TPSA) is 80.4 Å². The van der Waals surface area contributed by atoms with Crippen molar-refractivity contribution in [1.29, 1.82) is 0 Å². The molecule has 8 heteroatoms. The number of aromatic nitrogens is 1. The highest BCUT2D eigenvalue weighted by Crippen LogP contribution is 2.49. The van der Waals surface area contributed by atoms with Crippen LogP contribution in [0.5, 0.6) is 0 Å². The maximum atomic E-state index is 15.0. The second-order valence-electron chi connectivity index (χ2n) is 7.57. The summed E-state index contributed by atoms with van der Waals surface area (Å²) in [5, 5.41) is 3.29. The minimum absolute atomic E-state index is 0.139. The van der Waals surface area contributed by atoms with Gasteiger partial charge >= 0.3 is 0 Å². The molecule has 2 aromatic rings. The highest BCUT2D eigenvalue weighted by Gasteiger charge is 2.45. The first-order valence-electron chi connectivity index (χ1n) is 9.79. The molecule has 2 aliphatic rings. The molecular weight excluding hydrogens is 386 g/mol. The van der Waals surface area contributed by atoms with Gasteiger partial charge in [0.1, 0.15) is 19.4 Å². The lowest BCUT2D eigenvalue weighted by molar-refractivity contribution is 0.102. The fourth-order valence-corrected chi connectivity index (χ4v) is 5.38. The summed E-state index contributed by atoms with van der Waals surface area (Å²) < 4.78 is 15.0. The molecule has 0 bridgehead atoms. The molecule has 2 radical (unpaired) electrons. The predicted molar refractivity (Wildman–Crippen MR) is 116 cm³/mol. The lowest BCUT2D eigenvalue weighted by Crippen LogP contribution is -2.40. The van der Waals surface area contributed by atoms with E-state index in [1.807, 2.05) is 0 Å². The zero-order valence-electron chi connectivity index (χ0n) is 16.0. The van der Waals surface area contributed by atoms with E-state index in [-0.39, 0.29) is 22.9 Å². The Balaban J connectivity index is 1.72. The fraction of sp³-hybridized carbons (Fsp3) is 0.381. The minimum atomic E-state index is -0.680. The normalized spacial score (nSPS) is 24.2. The number of thioether (sulfide) groups is 1. The Hall–Kier alpha value is -2.35. The average Bonchev–Trinajstić information content (AvgIpc) is 2.92. The molecule has 2 atom stereocenters. The monoisotopic (exact) mass is 408 g/mol. The third-order valence-electron chi connectivity index (χ3n) is 5.77. The summed E-state index contributed by atoms with van der Waals surface area (Å²) in [6.07, 6.45) is 6.44. The fourth-order valence-electron chi connectivity index (χ4n) is 4.34. The van der Waals surface area contributed by atoms with Gasteiger partial charge in [-0.25, -0.2) is 4.39 Å². The van der Waals surface area contributed by atoms with Crippen LogP contribution in [-0.2, 0) is 5.54 Å². The summed E-state index contributed by atoms with van der Waals surface area (Å²) in [5.74, 6) is 0.290. The van der Waals surface area contributed by atoms with Gasteiger partial charge in [0.15, 0.2) is 5.17 Å². The van der Waals surface area contributed by atoms with Crippen molar-refractivity contribution in [2.45, 2.75) is 37.6 Å². The Morgan fingerprint density at radius 2 is 2.17 bits per heavy atom. The van der Waals surface area contributed by atoms with Crippen LogP contribution in [0.2, 0.25) is 0 Å². The molecule has 0 saturated heterocycles. The molecule has 1 saturated carbocycles. The Bertz CT molecular complexity index is 969. The molecule has 1 aliphatic heterocycles. The summed E-state index contributed by atoms with van der Waals surface area (Å²) in [6, 6.07) is 7.90. The molecule has 0 spiro atoms. The van der Waals surface area contributed by atoms with Gasteiger partial charge in [0, 0.05) is 23.2 Å². The van der Waals surface area contributed by atoms with Crippen LogP contribution in [0.1, 0.15) is 48.2 Å². The Kier molecular flexibility index (Phi) is 5.63. The van der Waals surface area contributed by atoms with Crippen LogP contribution in [0, 0.1) is 11.7 Å². The van der Waals surface area contributed by atoms with E-state index < -0.39 is 11.4 Å². The van der Waals surface area contributed by atoms with Crippen molar-refractivity contribution >= 4 is 41.8 Å². The van der Waals surface area contributed by atoms with E-state index in [0.29, 0.717) is 16.4 Å². The first-order valence-corrected chi connectivity index (χ1v) is 10.8. The van der Waals surface area contributed by atoms with E-state index >= 15 is 4.39 Å². The number of anilines is 1. The van der Waals surface area contributed by atoms with Gasteiger partial charge in [-0.05, 0) is 43.0 Å². The number of amidine groups is 1. The van der Waals surface area contributed by atoms with Crippen molar-refractivity contribution < 1.29 is 9.18 Å². The lowest BCUT2D eigenvalue weighted by Gasteiger charge is -2.40. The van der Waals surface area contributed by atoms with Crippen LogP contribution in [0.3, 0.4) is 0 Å². The highest BCUT2D eigenvalue weighted by atomic mass is 32.2. The van der Waals surface area contributed by atoms with Crippen molar-refractivity contribution in [3.05, 3.63) is 53.6 Å². The number of carbonyl (C=O) groups is 1. The third-order valence-corrected chi connectivity index (χ3v) is 6.73. The van der Waals surface area contributed by atoms with Crippen LogP contribution in [0.25, 0.3) is 0 Å². The van der Waals surface area contributed by atoms with Gasteiger partial charge in [-0.3, -0.25) is 14.8 Å². The zero-order valence-corrected chi connectivity index (χ0v) is 16.8. The van der Waals surface area contributed by atoms with Crippen LogP contribution < -0.4 is 16.5 Å². The Morgan fingerprint density at radius 1 is 1.31 bits per heavy atom. The highest BCUT2D eigenvalue weighted by molar-refractivity contribution is 8.13. The second kappa shape index (κ2) is 8.18. The SMILES string of the molecule is [B]c1cccnc1C(=O)Nc1ccc(F)c(C23CCCCCC2CSC(N)=N3)c1. The summed E-state index contributed by atoms with van der Waals surface area (Å²) in [6.45, 7) is 0. The standard InChI is InChI=1S/C21H22BFN4OS/c22-16-6-4-10-25-18(16)19(28)26-14-7-8-17(23)15(11-14)21-9-3-1-2-5-13(21)12-29-20(24)27-21/h4,6-8,10-11,13H,1-3,5,9,12H2,(H2,24,27)(H,26,28). The van der Waals surface area contributed by atoms with Gasteiger partial charge in [0.05, 0.1) is 5.54 Å². The second-order valence-corrected chi connectivity index (χ2v) is 8.61. The van der Waals surface area contributed by atoms with E-state index in [4.69, 9.17) is 18.6 Å². The number of nitrogens with zero attached hydrogens (tertiary/aromatic N) is 2. The summed E-state index contributed by atoms with van der Waals surface area (Å²) in [7, 11) is 5.85. The quantitative estimate of drug-likeness (QED) is 0.765. The molecule has 1 aliphatic carbocycles. The van der Waals surface area contributed by atoms with Crippen molar-refractivity contribution in [2.75, 3.05) is 11.1 Å². The van der Waals surface area contributed by atoms with E-state index in [9.17, 15) is 4.79 Å². The number of rotatable bonds is 3. The smallest absolute Gasteiger partial charge is 0.273 e. The summed E-state index contributed by atoms with van der Waals surface area (Å²) >= 11 is 1.54. The van der Waals surface area contributed by atoms with Gasteiger partial charge in [-0.15, -0.1) is 0 Å². The number of benzene rings is 1. The molecule has 1 fully saturated rings. The zero-order chi connectivity index (χ0) is 20.4. The molecule has 1 amide bonds. The van der Waals surface area contributed by atoms with Crippen LogP contribution in [0.4, 0.5) is 10.1 Å². The molecule has 3 N–H and O–H groups in total. The summed E-state index contributed by atoms with van der Waals surface area (Å²) in [5.41, 5.74) is 6.81. The molecular formula is C21H22BFN4OS. The molecule has 5 nitrogen and oxygen atoms in total. The molecule has 1 aromatic heterocycles. The number of nitrogens with one attached hydrogen (secondary N) is 1. The number of carbonyl (C=O) groups excluding carboxylic acids is 1. The number of fused-ring (bicyclic) bond motifs is 1. The van der Waals surface area contributed by atoms with Gasteiger partial charge in [0.25, 0.3) is 5.91 Å². The maximum absolute atomic E-state index is 15.0. The third kappa shape index (κ3) is 3.90. The van der Waals surface area contributed by atoms with Gasteiger partial charge < -0.3 is 11.1 Å². The number of halogens is 1.